The fourth-order valence-corrected chi connectivity index (χ4v) is 2.16. The predicted octanol–water partition coefficient (Wildman–Crippen LogP) is 1.23. The number of methoxy groups -OCH3 is 1. The molecule has 2 rings (SSSR count). The fourth-order valence-electron chi connectivity index (χ4n) is 2.16. The second-order valence-electron chi connectivity index (χ2n) is 5.06. The lowest BCUT2D eigenvalue weighted by Crippen LogP contribution is -2.22. The molecule has 0 atom stereocenters. The van der Waals surface area contributed by atoms with Crippen LogP contribution in [0.2, 0.25) is 0 Å². The molecule has 110 valence electrons. The number of aryl methyl sites for hydroxylation is 1. The third-order valence-electron chi connectivity index (χ3n) is 3.24. The zero-order valence-electron chi connectivity index (χ0n) is 12.5. The minimum absolute atomic E-state index is 0.127. The highest BCUT2D eigenvalue weighted by molar-refractivity contribution is 5.79. The van der Waals surface area contributed by atoms with Crippen LogP contribution in [-0.2, 0) is 6.54 Å². The lowest BCUT2D eigenvalue weighted by Gasteiger charge is -2.11. The summed E-state index contributed by atoms with van der Waals surface area (Å²) in [7, 11) is 5.45. The lowest BCUT2D eigenvalue weighted by atomic mass is 10.2. The molecule has 0 amide bonds. The number of rotatable bonds is 5. The van der Waals surface area contributed by atoms with Gasteiger partial charge in [-0.25, -0.2) is 4.98 Å². The van der Waals surface area contributed by atoms with Crippen molar-refractivity contribution in [3.8, 4) is 11.9 Å². The molecule has 21 heavy (non-hydrogen) atoms. The average Bonchev–Trinajstić information content (AvgIpc) is 2.48. The van der Waals surface area contributed by atoms with Crippen molar-refractivity contribution in [1.82, 2.24) is 14.5 Å². The van der Waals surface area contributed by atoms with E-state index < -0.39 is 0 Å². The Kier molecular flexibility index (Phi) is 4.55. The highest BCUT2D eigenvalue weighted by atomic mass is 16.5. The van der Waals surface area contributed by atoms with E-state index in [0.717, 1.165) is 13.0 Å². The van der Waals surface area contributed by atoms with E-state index in [9.17, 15) is 4.79 Å². The van der Waals surface area contributed by atoms with Gasteiger partial charge in [-0.1, -0.05) is 0 Å². The number of hydrogen-bond donors (Lipinski definition) is 0. The van der Waals surface area contributed by atoms with Crippen LogP contribution in [0, 0.1) is 11.3 Å². The molecule has 0 radical (unpaired) electrons. The maximum atomic E-state index is 12.4. The Labute approximate surface area is 123 Å². The molecular weight excluding hydrogens is 268 g/mol. The second kappa shape index (κ2) is 6.37. The van der Waals surface area contributed by atoms with Crippen molar-refractivity contribution in [2.24, 2.45) is 0 Å². The van der Waals surface area contributed by atoms with Gasteiger partial charge in [-0.3, -0.25) is 4.79 Å². The summed E-state index contributed by atoms with van der Waals surface area (Å²) in [5.74, 6) is 0.245. The standard InChI is InChI=1S/C15H18N4O2/c1-18(2)6-4-7-19-8-5-13-12(15(19)20)9-11(10-16)14(17-13)21-3/h5,8-9H,4,6-7H2,1-3H3. The molecule has 6 nitrogen and oxygen atoms in total. The van der Waals surface area contributed by atoms with Crippen LogP contribution in [0.4, 0.5) is 0 Å². The second-order valence-corrected chi connectivity index (χ2v) is 5.06. The molecular formula is C15H18N4O2. The highest BCUT2D eigenvalue weighted by Gasteiger charge is 2.10. The van der Waals surface area contributed by atoms with E-state index in [1.807, 2.05) is 20.2 Å². The maximum absolute atomic E-state index is 12.4. The summed E-state index contributed by atoms with van der Waals surface area (Å²) >= 11 is 0. The molecule has 6 heteroatoms. The largest absolute Gasteiger partial charge is 0.480 e. The van der Waals surface area contributed by atoms with Crippen LogP contribution in [0.15, 0.2) is 23.1 Å². The van der Waals surface area contributed by atoms with Crippen molar-refractivity contribution in [3.05, 3.63) is 34.2 Å². The van der Waals surface area contributed by atoms with Crippen molar-refractivity contribution in [3.63, 3.8) is 0 Å². The van der Waals surface area contributed by atoms with E-state index in [-0.39, 0.29) is 17.0 Å². The molecule has 0 spiro atoms. The lowest BCUT2D eigenvalue weighted by molar-refractivity contribution is 0.385. The summed E-state index contributed by atoms with van der Waals surface area (Å²) < 4.78 is 6.71. The molecule has 2 heterocycles. The Hall–Kier alpha value is -2.39. The molecule has 2 aromatic heterocycles. The highest BCUT2D eigenvalue weighted by Crippen LogP contribution is 2.19. The predicted molar refractivity (Wildman–Crippen MR) is 80.4 cm³/mol. The first-order valence-electron chi connectivity index (χ1n) is 6.70. The van der Waals surface area contributed by atoms with E-state index in [2.05, 4.69) is 9.88 Å². The van der Waals surface area contributed by atoms with Crippen molar-refractivity contribution < 1.29 is 4.74 Å². The summed E-state index contributed by atoms with van der Waals surface area (Å²) in [5, 5.41) is 9.53. The Balaban J connectivity index is 2.42. The molecule has 0 bridgehead atoms. The third kappa shape index (κ3) is 3.20. The molecule has 0 fully saturated rings. The summed E-state index contributed by atoms with van der Waals surface area (Å²) in [6, 6.07) is 5.32. The first-order chi connectivity index (χ1) is 10.1. The minimum Gasteiger partial charge on any atom is -0.480 e. The number of aromatic nitrogens is 2. The number of fused-ring (bicyclic) bond motifs is 1. The van der Waals surface area contributed by atoms with Crippen molar-refractivity contribution in [2.45, 2.75) is 13.0 Å². The molecule has 0 aliphatic carbocycles. The minimum atomic E-state index is -0.127. The van der Waals surface area contributed by atoms with Gasteiger partial charge in [-0.2, -0.15) is 5.26 Å². The molecule has 0 saturated heterocycles. The van der Waals surface area contributed by atoms with E-state index in [1.54, 1.807) is 22.9 Å². The third-order valence-corrected chi connectivity index (χ3v) is 3.24. The van der Waals surface area contributed by atoms with Crippen molar-refractivity contribution in [1.29, 1.82) is 5.26 Å². The normalized spacial score (nSPS) is 10.8. The van der Waals surface area contributed by atoms with Gasteiger partial charge in [-0.05, 0) is 39.2 Å². The van der Waals surface area contributed by atoms with Gasteiger partial charge < -0.3 is 14.2 Å². The van der Waals surface area contributed by atoms with E-state index in [0.29, 0.717) is 17.4 Å². The molecule has 0 N–H and O–H groups in total. The fraction of sp³-hybridized carbons (Fsp3) is 0.400. The van der Waals surface area contributed by atoms with E-state index in [4.69, 9.17) is 10.00 Å². The Morgan fingerprint density at radius 1 is 1.48 bits per heavy atom. The van der Waals surface area contributed by atoms with Crippen LogP contribution in [0.5, 0.6) is 5.88 Å². The van der Waals surface area contributed by atoms with Crippen LogP contribution in [-0.4, -0.2) is 42.2 Å². The summed E-state index contributed by atoms with van der Waals surface area (Å²) in [5.41, 5.74) is 0.686. The van der Waals surface area contributed by atoms with Gasteiger partial charge in [0.05, 0.1) is 18.0 Å². The van der Waals surface area contributed by atoms with Crippen LogP contribution < -0.4 is 10.3 Å². The quantitative estimate of drug-likeness (QED) is 0.826. The van der Waals surface area contributed by atoms with Gasteiger partial charge in [0.15, 0.2) is 0 Å². The van der Waals surface area contributed by atoms with Gasteiger partial charge in [0.25, 0.3) is 5.56 Å². The van der Waals surface area contributed by atoms with Crippen LogP contribution in [0.3, 0.4) is 0 Å². The number of hydrogen-bond acceptors (Lipinski definition) is 5. The van der Waals surface area contributed by atoms with Gasteiger partial charge in [0.1, 0.15) is 11.6 Å². The molecule has 0 aromatic carbocycles. The van der Waals surface area contributed by atoms with E-state index in [1.165, 1.54) is 7.11 Å². The molecule has 0 unspecified atom stereocenters. The number of ether oxygens (including phenoxy) is 1. The van der Waals surface area contributed by atoms with Crippen LogP contribution in [0.25, 0.3) is 10.9 Å². The van der Waals surface area contributed by atoms with Gasteiger partial charge in [-0.15, -0.1) is 0 Å². The van der Waals surface area contributed by atoms with Gasteiger partial charge in [0.2, 0.25) is 5.88 Å². The van der Waals surface area contributed by atoms with E-state index >= 15 is 0 Å². The molecule has 0 aliphatic rings. The Bertz CT molecular complexity index is 744. The number of nitrogens with zero attached hydrogens (tertiary/aromatic N) is 4. The monoisotopic (exact) mass is 286 g/mol. The van der Waals surface area contributed by atoms with Gasteiger partial charge >= 0.3 is 0 Å². The smallest absolute Gasteiger partial charge is 0.260 e. The zero-order chi connectivity index (χ0) is 15.4. The zero-order valence-corrected chi connectivity index (χ0v) is 12.5. The van der Waals surface area contributed by atoms with Crippen LogP contribution >= 0.6 is 0 Å². The Morgan fingerprint density at radius 3 is 2.86 bits per heavy atom. The molecule has 0 aliphatic heterocycles. The average molecular weight is 286 g/mol. The first kappa shape index (κ1) is 15.0. The maximum Gasteiger partial charge on any atom is 0.260 e. The summed E-state index contributed by atoms with van der Waals surface area (Å²) in [6.07, 6.45) is 2.62. The number of nitriles is 1. The first-order valence-corrected chi connectivity index (χ1v) is 6.70. The summed E-state index contributed by atoms with van der Waals surface area (Å²) in [6.45, 7) is 1.55. The summed E-state index contributed by atoms with van der Waals surface area (Å²) in [4.78, 5) is 18.7. The topological polar surface area (TPSA) is 71.2 Å². The van der Waals surface area contributed by atoms with Crippen molar-refractivity contribution in [2.75, 3.05) is 27.7 Å². The number of pyridine rings is 2. The van der Waals surface area contributed by atoms with Crippen LogP contribution in [0.1, 0.15) is 12.0 Å². The van der Waals surface area contributed by atoms with Gasteiger partial charge in [0, 0.05) is 12.7 Å². The molecule has 2 aromatic rings. The van der Waals surface area contributed by atoms with Crippen molar-refractivity contribution >= 4 is 10.9 Å². The Morgan fingerprint density at radius 2 is 2.24 bits per heavy atom. The molecule has 0 saturated carbocycles. The SMILES string of the molecule is COc1nc2ccn(CCCN(C)C)c(=O)c2cc1C#N.